The minimum Gasteiger partial charge on any atom is -0.463 e. The lowest BCUT2D eigenvalue weighted by Gasteiger charge is -2.13. The number of hydrogen-bond acceptors (Lipinski definition) is 10. The van der Waals surface area contributed by atoms with E-state index in [0.717, 1.165) is 17.7 Å². The molecule has 0 saturated carbocycles. The maximum absolute atomic E-state index is 11.7. The highest BCUT2D eigenvalue weighted by Crippen LogP contribution is 2.08. The number of carbonyl (C=O) groups excluding carboxylic acids is 3. The molecule has 226 valence electrons. The number of ether oxygens (including phenoxy) is 7. The second kappa shape index (κ2) is 26.3. The molecule has 0 saturated heterocycles. The zero-order chi connectivity index (χ0) is 28.2. The number of nitrogens with zero attached hydrogens (tertiary/aromatic N) is 1. The molecule has 0 N–H and O–H groups in total. The molecular formula is C28H49NO10. The lowest BCUT2D eigenvalue weighted by molar-refractivity contribution is -0.145. The molecule has 1 heterocycles. The van der Waals surface area contributed by atoms with Crippen LogP contribution in [0.4, 0.5) is 0 Å². The molecule has 11 nitrogen and oxygen atoms in total. The highest BCUT2D eigenvalue weighted by Gasteiger charge is 2.22. The zero-order valence-corrected chi connectivity index (χ0v) is 23.7. The van der Waals surface area contributed by atoms with Crippen LogP contribution in [-0.2, 0) is 47.5 Å². The molecule has 39 heavy (non-hydrogen) atoms. The van der Waals surface area contributed by atoms with Crippen LogP contribution in [0.1, 0.15) is 58.3 Å². The van der Waals surface area contributed by atoms with Gasteiger partial charge in [-0.3, -0.25) is 19.3 Å². The first kappa shape index (κ1) is 35.1. The first-order valence-corrected chi connectivity index (χ1v) is 14.3. The van der Waals surface area contributed by atoms with Crippen molar-refractivity contribution in [2.45, 2.75) is 58.3 Å². The molecule has 0 aromatic carbocycles. The van der Waals surface area contributed by atoms with Crippen molar-refractivity contribution >= 4 is 17.8 Å². The summed E-state index contributed by atoms with van der Waals surface area (Å²) in [4.78, 5) is 35.6. The van der Waals surface area contributed by atoms with Crippen LogP contribution >= 0.6 is 0 Å². The predicted octanol–water partition coefficient (Wildman–Crippen LogP) is 2.69. The Labute approximate surface area is 233 Å². The van der Waals surface area contributed by atoms with Crippen molar-refractivity contribution in [3.8, 4) is 0 Å². The van der Waals surface area contributed by atoms with Crippen LogP contribution in [-0.4, -0.2) is 115 Å². The van der Waals surface area contributed by atoms with Gasteiger partial charge in [0.15, 0.2) is 0 Å². The van der Waals surface area contributed by atoms with E-state index in [1.807, 2.05) is 0 Å². The van der Waals surface area contributed by atoms with Gasteiger partial charge >= 0.3 is 5.97 Å². The molecule has 0 unspecified atom stereocenters. The summed E-state index contributed by atoms with van der Waals surface area (Å²) in [6.07, 6.45) is 11.3. The van der Waals surface area contributed by atoms with Crippen molar-refractivity contribution in [2.24, 2.45) is 0 Å². The average Bonchev–Trinajstić information content (AvgIpc) is 3.25. The fourth-order valence-corrected chi connectivity index (χ4v) is 3.52. The van der Waals surface area contributed by atoms with E-state index in [9.17, 15) is 14.4 Å². The van der Waals surface area contributed by atoms with Gasteiger partial charge in [-0.1, -0.05) is 45.4 Å². The molecule has 0 aromatic rings. The molecular weight excluding hydrogens is 510 g/mol. The summed E-state index contributed by atoms with van der Waals surface area (Å²) >= 11 is 0. The Bertz CT molecular complexity index is 640. The summed E-state index contributed by atoms with van der Waals surface area (Å²) in [6, 6.07) is 0. The Morgan fingerprint density at radius 1 is 0.564 bits per heavy atom. The minimum absolute atomic E-state index is 0.149. The Hall–Kier alpha value is -1.89. The summed E-state index contributed by atoms with van der Waals surface area (Å²) in [7, 11) is 0. The lowest BCUT2D eigenvalue weighted by Crippen LogP contribution is -2.33. The molecule has 0 atom stereocenters. The van der Waals surface area contributed by atoms with Gasteiger partial charge in [0.2, 0.25) is 0 Å². The first-order chi connectivity index (χ1) is 19.1. The number of esters is 1. The molecule has 0 aliphatic carbocycles. The van der Waals surface area contributed by atoms with Crippen LogP contribution < -0.4 is 0 Å². The molecule has 0 spiro atoms. The number of unbranched alkanes of at least 4 members (excludes halogenated alkanes) is 6. The second-order valence-corrected chi connectivity index (χ2v) is 8.93. The van der Waals surface area contributed by atoms with Gasteiger partial charge in [-0.05, 0) is 6.42 Å². The zero-order valence-electron chi connectivity index (χ0n) is 23.7. The SMILES string of the molecule is CCCCCCCCCC(=O)OCCOCCOCCOCCOCCOCCOCCN1C(=O)C=CC1=O. The first-order valence-electron chi connectivity index (χ1n) is 14.3. The smallest absolute Gasteiger partial charge is 0.305 e. The van der Waals surface area contributed by atoms with E-state index < -0.39 is 0 Å². The van der Waals surface area contributed by atoms with Crippen molar-refractivity contribution in [1.82, 2.24) is 4.90 Å². The molecule has 1 rings (SSSR count). The lowest BCUT2D eigenvalue weighted by atomic mass is 10.1. The maximum atomic E-state index is 11.7. The molecule has 1 aliphatic heterocycles. The molecule has 2 amide bonds. The van der Waals surface area contributed by atoms with Crippen LogP contribution in [0, 0.1) is 0 Å². The Kier molecular flexibility index (Phi) is 23.7. The quantitative estimate of drug-likeness (QED) is 0.0769. The number of hydrogen-bond donors (Lipinski definition) is 0. The van der Waals surface area contributed by atoms with E-state index in [-0.39, 0.29) is 37.5 Å². The molecule has 1 aliphatic rings. The van der Waals surface area contributed by atoms with Gasteiger partial charge in [0, 0.05) is 18.6 Å². The summed E-state index contributed by atoms with van der Waals surface area (Å²) in [5.41, 5.74) is 0. The summed E-state index contributed by atoms with van der Waals surface area (Å²) in [5.74, 6) is -0.760. The third-order valence-corrected chi connectivity index (χ3v) is 5.69. The van der Waals surface area contributed by atoms with E-state index in [1.165, 1.54) is 44.3 Å². The van der Waals surface area contributed by atoms with Crippen LogP contribution in [0.25, 0.3) is 0 Å². The summed E-state index contributed by atoms with van der Waals surface area (Å²) < 4.78 is 37.6. The van der Waals surface area contributed by atoms with E-state index >= 15 is 0 Å². The van der Waals surface area contributed by atoms with Crippen LogP contribution in [0.5, 0.6) is 0 Å². The summed E-state index contributed by atoms with van der Waals surface area (Å²) in [6.45, 7) is 7.84. The minimum atomic E-state index is -0.306. The predicted molar refractivity (Wildman–Crippen MR) is 144 cm³/mol. The van der Waals surface area contributed by atoms with Crippen LogP contribution in [0.15, 0.2) is 12.2 Å². The Balaban J connectivity index is 1.68. The third kappa shape index (κ3) is 21.6. The number of amides is 2. The molecule has 0 bridgehead atoms. The van der Waals surface area contributed by atoms with Crippen LogP contribution in [0.3, 0.4) is 0 Å². The topological polar surface area (TPSA) is 119 Å². The van der Waals surface area contributed by atoms with Crippen molar-refractivity contribution in [3.05, 3.63) is 12.2 Å². The normalized spacial score (nSPS) is 13.1. The van der Waals surface area contributed by atoms with Crippen LogP contribution in [0.2, 0.25) is 0 Å². The fourth-order valence-electron chi connectivity index (χ4n) is 3.52. The van der Waals surface area contributed by atoms with Gasteiger partial charge in [0.25, 0.3) is 11.8 Å². The van der Waals surface area contributed by atoms with E-state index in [4.69, 9.17) is 33.2 Å². The maximum Gasteiger partial charge on any atom is 0.305 e. The standard InChI is InChI=1S/C28H49NO10/c1-2-3-4-5-6-7-8-9-28(32)39-25-24-38-23-22-37-21-20-36-19-18-35-17-16-34-15-14-33-13-12-29-26(30)10-11-27(29)31/h10-11H,2-9,12-25H2,1H3. The van der Waals surface area contributed by atoms with Gasteiger partial charge < -0.3 is 33.2 Å². The highest BCUT2D eigenvalue weighted by molar-refractivity contribution is 6.12. The second-order valence-electron chi connectivity index (χ2n) is 8.93. The molecule has 0 fully saturated rings. The van der Waals surface area contributed by atoms with Crippen molar-refractivity contribution in [3.63, 3.8) is 0 Å². The van der Waals surface area contributed by atoms with Crippen molar-refractivity contribution < 1.29 is 47.5 Å². The molecule has 11 heteroatoms. The molecule has 0 radical (unpaired) electrons. The highest BCUT2D eigenvalue weighted by atomic mass is 16.6. The van der Waals surface area contributed by atoms with Crippen molar-refractivity contribution in [2.75, 3.05) is 92.4 Å². The summed E-state index contributed by atoms with van der Waals surface area (Å²) in [5, 5.41) is 0. The van der Waals surface area contributed by atoms with Gasteiger partial charge in [-0.15, -0.1) is 0 Å². The van der Waals surface area contributed by atoms with Gasteiger partial charge in [-0.2, -0.15) is 0 Å². The van der Waals surface area contributed by atoms with E-state index in [0.29, 0.717) is 79.1 Å². The largest absolute Gasteiger partial charge is 0.463 e. The fraction of sp³-hybridized carbons (Fsp3) is 0.821. The Morgan fingerprint density at radius 2 is 0.949 bits per heavy atom. The Morgan fingerprint density at radius 3 is 1.41 bits per heavy atom. The monoisotopic (exact) mass is 559 g/mol. The van der Waals surface area contributed by atoms with Gasteiger partial charge in [-0.25, -0.2) is 0 Å². The van der Waals surface area contributed by atoms with Gasteiger partial charge in [0.1, 0.15) is 6.61 Å². The number of carbonyl (C=O) groups is 3. The van der Waals surface area contributed by atoms with Gasteiger partial charge in [0.05, 0.1) is 85.8 Å². The number of rotatable bonds is 29. The van der Waals surface area contributed by atoms with Crippen molar-refractivity contribution in [1.29, 1.82) is 0 Å². The average molecular weight is 560 g/mol. The number of imide groups is 1. The van der Waals surface area contributed by atoms with E-state index in [2.05, 4.69) is 6.92 Å². The molecule has 0 aromatic heterocycles. The van der Waals surface area contributed by atoms with E-state index in [1.54, 1.807) is 0 Å². The third-order valence-electron chi connectivity index (χ3n) is 5.69.